The minimum atomic E-state index is -0.719. The fourth-order valence-corrected chi connectivity index (χ4v) is 2.17. The summed E-state index contributed by atoms with van der Waals surface area (Å²) in [7, 11) is 0. The molecule has 17 heavy (non-hydrogen) atoms. The Bertz CT molecular complexity index is 270. The first-order valence-corrected chi connectivity index (χ1v) is 6.55. The van der Waals surface area contributed by atoms with Gasteiger partial charge in [0.05, 0.1) is 5.92 Å². The van der Waals surface area contributed by atoms with Crippen molar-refractivity contribution in [2.75, 3.05) is 6.54 Å². The topological polar surface area (TPSA) is 66.4 Å². The average molecular weight is 241 g/mol. The summed E-state index contributed by atoms with van der Waals surface area (Å²) in [6.07, 6.45) is 3.76. The molecule has 2 N–H and O–H groups in total. The zero-order valence-corrected chi connectivity index (χ0v) is 10.7. The molecule has 1 unspecified atom stereocenters. The molecule has 0 radical (unpaired) electrons. The molecule has 1 rings (SSSR count). The zero-order valence-electron chi connectivity index (χ0n) is 10.7. The molecule has 0 aliphatic heterocycles. The summed E-state index contributed by atoms with van der Waals surface area (Å²) in [5.74, 6) is -0.324. The zero-order chi connectivity index (χ0) is 12.8. The Morgan fingerprint density at radius 3 is 2.24 bits per heavy atom. The summed E-state index contributed by atoms with van der Waals surface area (Å²) in [4.78, 5) is 22.6. The Kier molecular flexibility index (Phi) is 5.45. The van der Waals surface area contributed by atoms with Crippen molar-refractivity contribution in [1.82, 2.24) is 5.32 Å². The Balaban J connectivity index is 2.28. The van der Waals surface area contributed by atoms with Gasteiger partial charge in [-0.1, -0.05) is 20.3 Å². The maximum Gasteiger partial charge on any atom is 0.306 e. The molecule has 1 saturated carbocycles. The molecule has 4 heteroatoms. The highest BCUT2D eigenvalue weighted by molar-refractivity contribution is 5.79. The second-order valence-corrected chi connectivity index (χ2v) is 5.15. The average Bonchev–Trinajstić information content (AvgIpc) is 2.35. The van der Waals surface area contributed by atoms with Crippen LogP contribution in [-0.2, 0) is 9.59 Å². The van der Waals surface area contributed by atoms with Gasteiger partial charge in [0.25, 0.3) is 0 Å². The number of carbonyl (C=O) groups excluding carboxylic acids is 1. The van der Waals surface area contributed by atoms with E-state index in [1.165, 1.54) is 0 Å². The van der Waals surface area contributed by atoms with Gasteiger partial charge in [-0.25, -0.2) is 0 Å². The lowest BCUT2D eigenvalue weighted by Gasteiger charge is -2.25. The molecule has 0 aromatic heterocycles. The fraction of sp³-hybridized carbons (Fsp3) is 0.846. The number of carboxylic acids is 1. The molecule has 0 aromatic carbocycles. The molecular weight excluding hydrogens is 218 g/mol. The highest BCUT2D eigenvalue weighted by atomic mass is 16.4. The molecule has 1 amide bonds. The fourth-order valence-electron chi connectivity index (χ4n) is 2.17. The van der Waals surface area contributed by atoms with Gasteiger partial charge in [-0.3, -0.25) is 9.59 Å². The van der Waals surface area contributed by atoms with E-state index < -0.39 is 5.97 Å². The Morgan fingerprint density at radius 1 is 1.24 bits per heavy atom. The molecule has 0 bridgehead atoms. The minimum absolute atomic E-state index is 0.0228. The van der Waals surface area contributed by atoms with Crippen molar-refractivity contribution in [3.8, 4) is 0 Å². The van der Waals surface area contributed by atoms with E-state index in [4.69, 9.17) is 5.11 Å². The number of hydrogen-bond acceptors (Lipinski definition) is 2. The summed E-state index contributed by atoms with van der Waals surface area (Å²) in [6.45, 7) is 4.95. The SMILES string of the molecule is CCC(C)CNC(=O)C1CCC(C(=O)O)CC1. The first-order valence-electron chi connectivity index (χ1n) is 6.55. The number of aliphatic carboxylic acids is 1. The van der Waals surface area contributed by atoms with Crippen LogP contribution < -0.4 is 5.32 Å². The molecule has 1 aliphatic carbocycles. The van der Waals surface area contributed by atoms with Gasteiger partial charge in [0, 0.05) is 12.5 Å². The smallest absolute Gasteiger partial charge is 0.306 e. The van der Waals surface area contributed by atoms with E-state index in [9.17, 15) is 9.59 Å². The van der Waals surface area contributed by atoms with Crippen molar-refractivity contribution in [2.45, 2.75) is 46.0 Å². The maximum atomic E-state index is 11.8. The lowest BCUT2D eigenvalue weighted by molar-refractivity contribution is -0.144. The summed E-state index contributed by atoms with van der Waals surface area (Å²) >= 11 is 0. The Morgan fingerprint density at radius 2 is 1.76 bits per heavy atom. The third-order valence-corrected chi connectivity index (χ3v) is 3.77. The molecule has 4 nitrogen and oxygen atoms in total. The van der Waals surface area contributed by atoms with Gasteiger partial charge >= 0.3 is 5.97 Å². The van der Waals surface area contributed by atoms with Crippen LogP contribution in [0.25, 0.3) is 0 Å². The summed E-state index contributed by atoms with van der Waals surface area (Å²) in [5.41, 5.74) is 0. The maximum absolute atomic E-state index is 11.8. The summed E-state index contributed by atoms with van der Waals surface area (Å²) in [5, 5.41) is 11.8. The van der Waals surface area contributed by atoms with Crippen LogP contribution in [0.1, 0.15) is 46.0 Å². The number of nitrogens with one attached hydrogen (secondary N) is 1. The molecule has 1 fully saturated rings. The monoisotopic (exact) mass is 241 g/mol. The van der Waals surface area contributed by atoms with Gasteiger partial charge in [-0.2, -0.15) is 0 Å². The predicted molar refractivity (Wildman–Crippen MR) is 65.5 cm³/mol. The van der Waals surface area contributed by atoms with E-state index in [0.29, 0.717) is 31.6 Å². The van der Waals surface area contributed by atoms with Crippen molar-refractivity contribution >= 4 is 11.9 Å². The normalized spacial score (nSPS) is 26.2. The van der Waals surface area contributed by atoms with Crippen molar-refractivity contribution in [3.05, 3.63) is 0 Å². The highest BCUT2D eigenvalue weighted by Crippen LogP contribution is 2.28. The Labute approximate surface area is 103 Å². The molecule has 0 spiro atoms. The first kappa shape index (κ1) is 14.0. The van der Waals surface area contributed by atoms with Crippen molar-refractivity contribution in [1.29, 1.82) is 0 Å². The lowest BCUT2D eigenvalue weighted by Crippen LogP contribution is -2.36. The highest BCUT2D eigenvalue weighted by Gasteiger charge is 2.29. The van der Waals surface area contributed by atoms with Crippen LogP contribution in [0.3, 0.4) is 0 Å². The number of carbonyl (C=O) groups is 2. The van der Waals surface area contributed by atoms with Gasteiger partial charge in [0.2, 0.25) is 5.91 Å². The quantitative estimate of drug-likeness (QED) is 0.774. The van der Waals surface area contributed by atoms with Crippen LogP contribution in [0.4, 0.5) is 0 Å². The van der Waals surface area contributed by atoms with Gasteiger partial charge in [0.15, 0.2) is 0 Å². The van der Waals surface area contributed by atoms with Gasteiger partial charge in [0.1, 0.15) is 0 Å². The Hall–Kier alpha value is -1.06. The first-order chi connectivity index (χ1) is 8.04. The van der Waals surface area contributed by atoms with Gasteiger partial charge < -0.3 is 10.4 Å². The number of amides is 1. The van der Waals surface area contributed by atoms with E-state index in [-0.39, 0.29) is 17.7 Å². The molecule has 1 atom stereocenters. The van der Waals surface area contributed by atoms with Gasteiger partial charge in [-0.05, 0) is 31.6 Å². The van der Waals surface area contributed by atoms with E-state index in [1.807, 2.05) is 0 Å². The van der Waals surface area contributed by atoms with Crippen LogP contribution >= 0.6 is 0 Å². The van der Waals surface area contributed by atoms with Crippen molar-refractivity contribution in [3.63, 3.8) is 0 Å². The van der Waals surface area contributed by atoms with Crippen LogP contribution in [0.2, 0.25) is 0 Å². The van der Waals surface area contributed by atoms with Crippen LogP contribution in [-0.4, -0.2) is 23.5 Å². The van der Waals surface area contributed by atoms with E-state index in [0.717, 1.165) is 13.0 Å². The predicted octanol–water partition coefficient (Wildman–Crippen LogP) is 2.04. The minimum Gasteiger partial charge on any atom is -0.481 e. The standard InChI is InChI=1S/C13H23NO3/c1-3-9(2)8-14-12(15)10-4-6-11(7-5-10)13(16)17/h9-11H,3-8H2,1-2H3,(H,14,15)(H,16,17). The summed E-state index contributed by atoms with van der Waals surface area (Å²) < 4.78 is 0. The van der Waals surface area contributed by atoms with E-state index in [1.54, 1.807) is 0 Å². The second kappa shape index (κ2) is 6.62. The van der Waals surface area contributed by atoms with Crippen molar-refractivity contribution < 1.29 is 14.7 Å². The van der Waals surface area contributed by atoms with Crippen LogP contribution in [0.15, 0.2) is 0 Å². The van der Waals surface area contributed by atoms with Crippen molar-refractivity contribution in [2.24, 2.45) is 17.8 Å². The largest absolute Gasteiger partial charge is 0.481 e. The molecular formula is C13H23NO3. The number of rotatable bonds is 5. The third-order valence-electron chi connectivity index (χ3n) is 3.77. The molecule has 98 valence electrons. The number of hydrogen-bond donors (Lipinski definition) is 2. The molecule has 0 aromatic rings. The molecule has 0 heterocycles. The van der Waals surface area contributed by atoms with Gasteiger partial charge in [-0.15, -0.1) is 0 Å². The molecule has 1 aliphatic rings. The number of carboxylic acid groups (broad SMARTS) is 1. The van der Waals surface area contributed by atoms with Crippen LogP contribution in [0, 0.1) is 17.8 Å². The third kappa shape index (κ3) is 4.36. The van der Waals surface area contributed by atoms with E-state index in [2.05, 4.69) is 19.2 Å². The van der Waals surface area contributed by atoms with E-state index >= 15 is 0 Å². The lowest BCUT2D eigenvalue weighted by atomic mass is 9.81. The molecule has 0 saturated heterocycles. The second-order valence-electron chi connectivity index (χ2n) is 5.15. The summed E-state index contributed by atoms with van der Waals surface area (Å²) in [6, 6.07) is 0. The van der Waals surface area contributed by atoms with Crippen LogP contribution in [0.5, 0.6) is 0 Å².